The summed E-state index contributed by atoms with van der Waals surface area (Å²) in [4.78, 5) is 4.12. The molecule has 1 aliphatic rings. The van der Waals surface area contributed by atoms with Gasteiger partial charge in [-0.1, -0.05) is 6.92 Å². The molecule has 3 rings (SSSR count). The van der Waals surface area contributed by atoms with Gasteiger partial charge in [-0.15, -0.1) is 11.3 Å². The zero-order chi connectivity index (χ0) is 14.7. The largest absolute Gasteiger partial charge is 0.468 e. The van der Waals surface area contributed by atoms with Crippen LogP contribution in [0.4, 0.5) is 0 Å². The summed E-state index contributed by atoms with van der Waals surface area (Å²) < 4.78 is 5.66. The van der Waals surface area contributed by atoms with E-state index in [4.69, 9.17) is 4.42 Å². The van der Waals surface area contributed by atoms with Crippen LogP contribution in [0.5, 0.6) is 0 Å². The molecule has 0 bridgehead atoms. The zero-order valence-electron chi connectivity index (χ0n) is 12.9. The normalized spacial score (nSPS) is 18.9. The standard InChI is InChI=1S/C17H24N2OS/c1-3-7-18-11-16-14(5-9-20-16)12-19-8-4-17-15(13(19)2)6-10-21-17/h5-6,9-10,13,18H,3-4,7-8,11-12H2,1-2H3. The molecule has 0 saturated heterocycles. The number of hydrogen-bond donors (Lipinski definition) is 1. The van der Waals surface area contributed by atoms with Gasteiger partial charge >= 0.3 is 0 Å². The molecule has 2 aromatic heterocycles. The third-order valence-electron chi connectivity index (χ3n) is 4.33. The molecule has 3 heterocycles. The first kappa shape index (κ1) is 14.8. The molecule has 0 fully saturated rings. The Bertz CT molecular complexity index is 575. The van der Waals surface area contributed by atoms with E-state index in [-0.39, 0.29) is 0 Å². The summed E-state index contributed by atoms with van der Waals surface area (Å²) >= 11 is 1.90. The number of nitrogens with zero attached hydrogens (tertiary/aromatic N) is 1. The first-order chi connectivity index (χ1) is 10.3. The van der Waals surface area contributed by atoms with Crippen LogP contribution in [-0.2, 0) is 19.5 Å². The molecular weight excluding hydrogens is 280 g/mol. The van der Waals surface area contributed by atoms with E-state index in [0.29, 0.717) is 6.04 Å². The minimum Gasteiger partial charge on any atom is -0.468 e. The average Bonchev–Trinajstić information content (AvgIpc) is 3.12. The van der Waals surface area contributed by atoms with Gasteiger partial charge in [0.15, 0.2) is 0 Å². The molecule has 1 unspecified atom stereocenters. The highest BCUT2D eigenvalue weighted by atomic mass is 32.1. The molecule has 0 amide bonds. The van der Waals surface area contributed by atoms with Crippen LogP contribution in [0.15, 0.2) is 28.2 Å². The molecule has 1 atom stereocenters. The van der Waals surface area contributed by atoms with Crippen molar-refractivity contribution in [1.82, 2.24) is 10.2 Å². The fourth-order valence-corrected chi connectivity index (χ4v) is 4.00. The lowest BCUT2D eigenvalue weighted by molar-refractivity contribution is 0.190. The maximum Gasteiger partial charge on any atom is 0.122 e. The lowest BCUT2D eigenvalue weighted by Crippen LogP contribution is -2.33. The second-order valence-electron chi connectivity index (χ2n) is 5.74. The second-order valence-corrected chi connectivity index (χ2v) is 6.74. The predicted molar refractivity (Wildman–Crippen MR) is 87.6 cm³/mol. The topological polar surface area (TPSA) is 28.4 Å². The van der Waals surface area contributed by atoms with E-state index in [1.165, 1.54) is 17.5 Å². The molecule has 1 aliphatic heterocycles. The number of nitrogens with one attached hydrogen (secondary N) is 1. The minimum absolute atomic E-state index is 0.506. The minimum atomic E-state index is 0.506. The number of furan rings is 1. The first-order valence-electron chi connectivity index (χ1n) is 7.86. The van der Waals surface area contributed by atoms with Crippen LogP contribution in [0.3, 0.4) is 0 Å². The highest BCUT2D eigenvalue weighted by Gasteiger charge is 2.25. The molecule has 3 nitrogen and oxygen atoms in total. The Balaban J connectivity index is 1.66. The van der Waals surface area contributed by atoms with E-state index in [9.17, 15) is 0 Å². The highest BCUT2D eigenvalue weighted by molar-refractivity contribution is 7.10. The Labute approximate surface area is 131 Å². The maximum atomic E-state index is 5.66. The van der Waals surface area contributed by atoms with Gasteiger partial charge in [-0.3, -0.25) is 4.90 Å². The monoisotopic (exact) mass is 304 g/mol. The number of hydrogen-bond acceptors (Lipinski definition) is 4. The van der Waals surface area contributed by atoms with Gasteiger partial charge in [0.05, 0.1) is 12.8 Å². The molecule has 0 saturated carbocycles. The van der Waals surface area contributed by atoms with Crippen molar-refractivity contribution in [2.45, 2.75) is 45.8 Å². The van der Waals surface area contributed by atoms with E-state index in [1.54, 1.807) is 4.88 Å². The van der Waals surface area contributed by atoms with Crippen molar-refractivity contribution in [2.24, 2.45) is 0 Å². The molecule has 0 aromatic carbocycles. The van der Waals surface area contributed by atoms with Crippen LogP contribution in [0.2, 0.25) is 0 Å². The Morgan fingerprint density at radius 3 is 3.19 bits per heavy atom. The Morgan fingerprint density at radius 1 is 1.43 bits per heavy atom. The Hall–Kier alpha value is -1.10. The van der Waals surface area contributed by atoms with E-state index in [0.717, 1.165) is 38.4 Å². The quantitative estimate of drug-likeness (QED) is 0.819. The van der Waals surface area contributed by atoms with E-state index >= 15 is 0 Å². The van der Waals surface area contributed by atoms with Gasteiger partial charge in [-0.25, -0.2) is 0 Å². The molecular formula is C17H24N2OS. The van der Waals surface area contributed by atoms with E-state index in [1.807, 2.05) is 17.6 Å². The first-order valence-corrected chi connectivity index (χ1v) is 8.73. The van der Waals surface area contributed by atoms with Crippen LogP contribution in [-0.4, -0.2) is 18.0 Å². The lowest BCUT2D eigenvalue weighted by atomic mass is 10.0. The molecule has 1 N–H and O–H groups in total. The van der Waals surface area contributed by atoms with E-state index < -0.39 is 0 Å². The van der Waals surface area contributed by atoms with Gasteiger partial charge in [-0.05, 0) is 49.4 Å². The van der Waals surface area contributed by atoms with Gasteiger partial charge in [0.2, 0.25) is 0 Å². The van der Waals surface area contributed by atoms with Gasteiger partial charge in [-0.2, -0.15) is 0 Å². The summed E-state index contributed by atoms with van der Waals surface area (Å²) in [5.41, 5.74) is 2.84. The van der Waals surface area contributed by atoms with Crippen LogP contribution < -0.4 is 5.32 Å². The average molecular weight is 304 g/mol. The van der Waals surface area contributed by atoms with Crippen molar-refractivity contribution in [3.8, 4) is 0 Å². The summed E-state index contributed by atoms with van der Waals surface area (Å²) in [6.45, 7) is 8.50. The van der Waals surface area contributed by atoms with E-state index in [2.05, 4.69) is 41.6 Å². The molecule has 114 valence electrons. The van der Waals surface area contributed by atoms with Crippen LogP contribution in [0.25, 0.3) is 0 Å². The predicted octanol–water partition coefficient (Wildman–Crippen LogP) is 3.96. The van der Waals surface area contributed by atoms with Crippen molar-refractivity contribution in [3.63, 3.8) is 0 Å². The third kappa shape index (κ3) is 3.23. The van der Waals surface area contributed by atoms with Gasteiger partial charge < -0.3 is 9.73 Å². The van der Waals surface area contributed by atoms with Crippen molar-refractivity contribution < 1.29 is 4.42 Å². The fourth-order valence-electron chi connectivity index (χ4n) is 3.04. The number of rotatable bonds is 6. The van der Waals surface area contributed by atoms with Crippen LogP contribution in [0.1, 0.15) is 48.1 Å². The lowest BCUT2D eigenvalue weighted by Gasteiger charge is -2.33. The molecule has 0 spiro atoms. The van der Waals surface area contributed by atoms with Crippen LogP contribution in [0, 0.1) is 0 Å². The van der Waals surface area contributed by atoms with Crippen molar-refractivity contribution in [3.05, 3.63) is 45.5 Å². The maximum absolute atomic E-state index is 5.66. The molecule has 4 heteroatoms. The van der Waals surface area contributed by atoms with Crippen molar-refractivity contribution in [2.75, 3.05) is 13.1 Å². The zero-order valence-corrected chi connectivity index (χ0v) is 13.7. The SMILES string of the molecule is CCCNCc1occc1CN1CCc2sccc2C1C. The summed E-state index contributed by atoms with van der Waals surface area (Å²) in [7, 11) is 0. The second kappa shape index (κ2) is 6.77. The number of fused-ring (bicyclic) bond motifs is 1. The fraction of sp³-hybridized carbons (Fsp3) is 0.529. The molecule has 2 aromatic rings. The smallest absolute Gasteiger partial charge is 0.122 e. The number of thiophene rings is 1. The highest BCUT2D eigenvalue weighted by Crippen LogP contribution is 2.34. The summed E-state index contributed by atoms with van der Waals surface area (Å²) in [6, 6.07) is 4.92. The third-order valence-corrected chi connectivity index (χ3v) is 5.32. The Kier molecular flexibility index (Phi) is 4.78. The van der Waals surface area contributed by atoms with Gasteiger partial charge in [0.25, 0.3) is 0 Å². The van der Waals surface area contributed by atoms with Crippen molar-refractivity contribution in [1.29, 1.82) is 0 Å². The molecule has 0 aliphatic carbocycles. The van der Waals surface area contributed by atoms with Gasteiger partial charge in [0.1, 0.15) is 5.76 Å². The summed E-state index contributed by atoms with van der Waals surface area (Å²) in [5, 5.41) is 5.65. The molecule has 0 radical (unpaired) electrons. The van der Waals surface area contributed by atoms with Crippen LogP contribution >= 0.6 is 11.3 Å². The summed E-state index contributed by atoms with van der Waals surface area (Å²) in [6.07, 6.45) is 4.15. The van der Waals surface area contributed by atoms with Crippen molar-refractivity contribution >= 4 is 11.3 Å². The van der Waals surface area contributed by atoms with Gasteiger partial charge in [0, 0.05) is 29.6 Å². The summed E-state index contributed by atoms with van der Waals surface area (Å²) in [5.74, 6) is 1.09. The Morgan fingerprint density at radius 2 is 2.33 bits per heavy atom. The molecule has 21 heavy (non-hydrogen) atoms.